The van der Waals surface area contributed by atoms with Gasteiger partial charge in [0.1, 0.15) is 0 Å². The number of rotatable bonds is 5. The van der Waals surface area contributed by atoms with Gasteiger partial charge in [-0.25, -0.2) is 0 Å². The molecule has 0 aliphatic heterocycles. The zero-order valence-electron chi connectivity index (χ0n) is 12.3. The summed E-state index contributed by atoms with van der Waals surface area (Å²) in [5, 5.41) is 20.6. The van der Waals surface area contributed by atoms with E-state index in [4.69, 9.17) is 0 Å². The third kappa shape index (κ3) is 2.48. The molecule has 0 saturated heterocycles. The standard InChI is InChI=1S/C15H16N4O2S/c1-3-19-8-11(10-6-4-5-7-12(10)19)14-16-17-15(18(14)2)22-9-13(20)21/h4-8H,3,9H2,1-2H3,(H,20,21)/p-1. The number of carboxylic acids is 1. The van der Waals surface area contributed by atoms with Gasteiger partial charge in [-0.15, -0.1) is 10.2 Å². The Hall–Kier alpha value is -2.28. The van der Waals surface area contributed by atoms with E-state index in [1.54, 1.807) is 0 Å². The fourth-order valence-electron chi connectivity index (χ4n) is 2.49. The van der Waals surface area contributed by atoms with Crippen molar-refractivity contribution in [1.29, 1.82) is 0 Å². The molecule has 114 valence electrons. The number of nitrogens with zero attached hydrogens (tertiary/aromatic N) is 4. The van der Waals surface area contributed by atoms with Crippen LogP contribution in [-0.2, 0) is 18.4 Å². The van der Waals surface area contributed by atoms with Crippen LogP contribution in [0.3, 0.4) is 0 Å². The molecule has 0 atom stereocenters. The van der Waals surface area contributed by atoms with Crippen LogP contribution in [0.4, 0.5) is 0 Å². The third-order valence-electron chi connectivity index (χ3n) is 3.52. The van der Waals surface area contributed by atoms with Gasteiger partial charge in [0.15, 0.2) is 11.0 Å². The zero-order chi connectivity index (χ0) is 15.7. The van der Waals surface area contributed by atoms with Crippen LogP contribution >= 0.6 is 11.8 Å². The summed E-state index contributed by atoms with van der Waals surface area (Å²) in [6, 6.07) is 8.13. The van der Waals surface area contributed by atoms with Gasteiger partial charge >= 0.3 is 0 Å². The highest BCUT2D eigenvalue weighted by Crippen LogP contribution is 2.30. The largest absolute Gasteiger partial charge is 0.549 e. The maximum Gasteiger partial charge on any atom is 0.191 e. The molecule has 7 heteroatoms. The lowest BCUT2D eigenvalue weighted by Gasteiger charge is -2.03. The molecule has 0 N–H and O–H groups in total. The van der Waals surface area contributed by atoms with Gasteiger partial charge in [-0.3, -0.25) is 0 Å². The Balaban J connectivity index is 2.07. The average molecular weight is 315 g/mol. The molecular weight excluding hydrogens is 300 g/mol. The maximum absolute atomic E-state index is 10.6. The van der Waals surface area contributed by atoms with Crippen molar-refractivity contribution >= 4 is 28.6 Å². The van der Waals surface area contributed by atoms with Crippen molar-refractivity contribution < 1.29 is 9.90 Å². The lowest BCUT2D eigenvalue weighted by Crippen LogP contribution is -2.24. The highest BCUT2D eigenvalue weighted by atomic mass is 32.2. The molecule has 0 radical (unpaired) electrons. The predicted octanol–water partition coefficient (Wildman–Crippen LogP) is 1.30. The van der Waals surface area contributed by atoms with Crippen molar-refractivity contribution in [2.45, 2.75) is 18.6 Å². The van der Waals surface area contributed by atoms with Crippen molar-refractivity contribution in [1.82, 2.24) is 19.3 Å². The van der Waals surface area contributed by atoms with Gasteiger partial charge in [0.25, 0.3) is 0 Å². The Labute approximate surface area is 131 Å². The fourth-order valence-corrected chi connectivity index (χ4v) is 3.11. The van der Waals surface area contributed by atoms with Crippen LogP contribution in [0.5, 0.6) is 0 Å². The van der Waals surface area contributed by atoms with E-state index in [0.717, 1.165) is 40.6 Å². The lowest BCUT2D eigenvalue weighted by atomic mass is 10.1. The topological polar surface area (TPSA) is 75.8 Å². The number of carbonyl (C=O) groups is 1. The van der Waals surface area contributed by atoms with Crippen LogP contribution in [0.2, 0.25) is 0 Å². The van der Waals surface area contributed by atoms with E-state index >= 15 is 0 Å². The smallest absolute Gasteiger partial charge is 0.191 e. The number of carboxylic acid groups (broad SMARTS) is 1. The molecule has 0 aliphatic rings. The van der Waals surface area contributed by atoms with Crippen LogP contribution in [-0.4, -0.2) is 31.1 Å². The van der Waals surface area contributed by atoms with Crippen molar-refractivity contribution in [3.8, 4) is 11.4 Å². The number of carbonyl (C=O) groups excluding carboxylic acids is 1. The summed E-state index contributed by atoms with van der Waals surface area (Å²) >= 11 is 1.11. The maximum atomic E-state index is 10.6. The normalized spacial score (nSPS) is 11.2. The molecule has 0 spiro atoms. The van der Waals surface area contributed by atoms with Crippen LogP contribution in [0.1, 0.15) is 6.92 Å². The molecule has 2 aromatic heterocycles. The van der Waals surface area contributed by atoms with Gasteiger partial charge in [0.2, 0.25) is 0 Å². The summed E-state index contributed by atoms with van der Waals surface area (Å²) < 4.78 is 3.97. The Kier molecular flexibility index (Phi) is 3.89. The second-order valence-electron chi connectivity index (χ2n) is 4.87. The van der Waals surface area contributed by atoms with E-state index in [-0.39, 0.29) is 5.75 Å². The summed E-state index contributed by atoms with van der Waals surface area (Å²) in [4.78, 5) is 10.6. The third-order valence-corrected chi connectivity index (χ3v) is 4.52. The highest BCUT2D eigenvalue weighted by Gasteiger charge is 2.16. The first-order valence-electron chi connectivity index (χ1n) is 6.92. The van der Waals surface area contributed by atoms with E-state index in [1.165, 1.54) is 0 Å². The van der Waals surface area contributed by atoms with E-state index < -0.39 is 5.97 Å². The second kappa shape index (κ2) is 5.84. The minimum atomic E-state index is -1.11. The minimum Gasteiger partial charge on any atom is -0.549 e. The molecule has 6 nitrogen and oxygen atoms in total. The second-order valence-corrected chi connectivity index (χ2v) is 5.81. The van der Waals surface area contributed by atoms with E-state index in [2.05, 4.69) is 40.0 Å². The predicted molar refractivity (Wildman–Crippen MR) is 83.3 cm³/mol. The number of aromatic nitrogens is 4. The number of benzene rings is 1. The van der Waals surface area contributed by atoms with E-state index in [1.807, 2.05) is 23.7 Å². The molecule has 0 unspecified atom stereocenters. The Bertz CT molecular complexity index is 837. The van der Waals surface area contributed by atoms with Gasteiger partial charge in [0, 0.05) is 42.0 Å². The summed E-state index contributed by atoms with van der Waals surface area (Å²) in [5.41, 5.74) is 2.14. The van der Waals surface area contributed by atoms with Gasteiger partial charge in [-0.2, -0.15) is 0 Å². The SMILES string of the molecule is CCn1cc(-c2nnc(SCC(=O)[O-])n2C)c2ccccc21. The summed E-state index contributed by atoms with van der Waals surface area (Å²) in [5.74, 6) is -0.524. The first-order chi connectivity index (χ1) is 10.6. The van der Waals surface area contributed by atoms with Crippen LogP contribution in [0.15, 0.2) is 35.6 Å². The van der Waals surface area contributed by atoms with E-state index in [0.29, 0.717) is 5.16 Å². The van der Waals surface area contributed by atoms with Gasteiger partial charge in [0.05, 0.1) is 5.97 Å². The first kappa shape index (κ1) is 14.6. The van der Waals surface area contributed by atoms with Crippen LogP contribution in [0.25, 0.3) is 22.3 Å². The van der Waals surface area contributed by atoms with E-state index in [9.17, 15) is 9.90 Å². The van der Waals surface area contributed by atoms with Crippen molar-refractivity contribution in [2.24, 2.45) is 7.05 Å². The number of aliphatic carboxylic acids is 1. The molecular formula is C15H15N4O2S-. The lowest BCUT2D eigenvalue weighted by molar-refractivity contribution is -0.301. The molecule has 0 bridgehead atoms. The molecule has 3 aromatic rings. The Morgan fingerprint density at radius 3 is 2.82 bits per heavy atom. The number of fused-ring (bicyclic) bond motifs is 1. The molecule has 2 heterocycles. The van der Waals surface area contributed by atoms with Crippen LogP contribution in [0, 0.1) is 0 Å². The number of hydrogen-bond donors (Lipinski definition) is 0. The molecule has 0 fully saturated rings. The molecule has 1 aromatic carbocycles. The number of para-hydroxylation sites is 1. The zero-order valence-corrected chi connectivity index (χ0v) is 13.1. The number of thioether (sulfide) groups is 1. The van der Waals surface area contributed by atoms with Crippen molar-refractivity contribution in [3.63, 3.8) is 0 Å². The molecule has 0 amide bonds. The Morgan fingerprint density at radius 1 is 1.32 bits per heavy atom. The van der Waals surface area contributed by atoms with Crippen molar-refractivity contribution in [2.75, 3.05) is 5.75 Å². The van der Waals surface area contributed by atoms with Crippen LogP contribution < -0.4 is 5.11 Å². The highest BCUT2D eigenvalue weighted by molar-refractivity contribution is 7.99. The Morgan fingerprint density at radius 2 is 2.09 bits per heavy atom. The molecule has 22 heavy (non-hydrogen) atoms. The van der Waals surface area contributed by atoms with Gasteiger partial charge in [-0.1, -0.05) is 30.0 Å². The minimum absolute atomic E-state index is 0.136. The monoisotopic (exact) mass is 315 g/mol. The number of aryl methyl sites for hydroxylation is 1. The van der Waals surface area contributed by atoms with Gasteiger partial charge in [-0.05, 0) is 13.0 Å². The summed E-state index contributed by atoms with van der Waals surface area (Å²) in [6.45, 7) is 2.96. The fraction of sp³-hybridized carbons (Fsp3) is 0.267. The van der Waals surface area contributed by atoms with Crippen molar-refractivity contribution in [3.05, 3.63) is 30.5 Å². The quantitative estimate of drug-likeness (QED) is 0.663. The first-order valence-corrected chi connectivity index (χ1v) is 7.90. The molecule has 0 saturated carbocycles. The number of hydrogen-bond acceptors (Lipinski definition) is 5. The van der Waals surface area contributed by atoms with Gasteiger partial charge < -0.3 is 19.0 Å². The summed E-state index contributed by atoms with van der Waals surface area (Å²) in [7, 11) is 1.84. The molecule has 3 rings (SSSR count). The summed E-state index contributed by atoms with van der Waals surface area (Å²) in [6.07, 6.45) is 2.06. The average Bonchev–Trinajstić information content (AvgIpc) is 3.05. The molecule has 0 aliphatic carbocycles.